The quantitative estimate of drug-likeness (QED) is 0.812. The SMILES string of the molecule is O=C([C@@H]1CCCCN1)N1C[C@@H]2C[C@H](C1)c1ccc(CN3CCOCC3)c(=O)n1C2. The van der Waals surface area contributed by atoms with E-state index in [4.69, 9.17) is 4.74 Å². The molecule has 3 saturated heterocycles. The van der Waals surface area contributed by atoms with Crippen molar-refractivity contribution in [3.8, 4) is 0 Å². The van der Waals surface area contributed by atoms with Crippen LogP contribution in [0.3, 0.4) is 0 Å². The Hall–Kier alpha value is -1.70. The molecule has 5 heterocycles. The van der Waals surface area contributed by atoms with Crippen LogP contribution in [0.15, 0.2) is 16.9 Å². The fourth-order valence-electron chi connectivity index (χ4n) is 5.57. The van der Waals surface area contributed by atoms with Gasteiger partial charge in [-0.1, -0.05) is 12.5 Å². The number of morpholine rings is 1. The zero-order valence-electron chi connectivity index (χ0n) is 17.1. The smallest absolute Gasteiger partial charge is 0.255 e. The number of piperidine rings is 2. The molecule has 3 atom stereocenters. The molecule has 1 aromatic rings. The highest BCUT2D eigenvalue weighted by Crippen LogP contribution is 2.35. The number of nitrogens with one attached hydrogen (secondary N) is 1. The number of hydrogen-bond donors (Lipinski definition) is 1. The van der Waals surface area contributed by atoms with Gasteiger partial charge in [0.1, 0.15) is 0 Å². The van der Waals surface area contributed by atoms with Crippen molar-refractivity contribution in [2.75, 3.05) is 45.9 Å². The van der Waals surface area contributed by atoms with Gasteiger partial charge in [-0.05, 0) is 37.8 Å². The van der Waals surface area contributed by atoms with E-state index in [0.29, 0.717) is 12.5 Å². The van der Waals surface area contributed by atoms with Gasteiger partial charge in [-0.25, -0.2) is 0 Å². The van der Waals surface area contributed by atoms with Crippen LogP contribution in [0.5, 0.6) is 0 Å². The molecule has 3 fully saturated rings. The molecule has 0 saturated carbocycles. The molecule has 1 amide bonds. The second-order valence-corrected chi connectivity index (χ2v) is 9.13. The molecule has 0 aliphatic carbocycles. The Morgan fingerprint density at radius 1 is 1.14 bits per heavy atom. The minimum absolute atomic E-state index is 0.0133. The summed E-state index contributed by atoms with van der Waals surface area (Å²) in [5.74, 6) is 0.921. The normalized spacial score (nSPS) is 30.1. The molecule has 5 rings (SSSR count). The number of likely N-dealkylation sites (tertiary alicyclic amines) is 1. The van der Waals surface area contributed by atoms with Crippen molar-refractivity contribution in [2.45, 2.75) is 50.7 Å². The van der Waals surface area contributed by atoms with Gasteiger partial charge in [0.15, 0.2) is 0 Å². The van der Waals surface area contributed by atoms with Crippen molar-refractivity contribution in [1.29, 1.82) is 0 Å². The van der Waals surface area contributed by atoms with Gasteiger partial charge >= 0.3 is 0 Å². The maximum absolute atomic E-state index is 13.2. The number of carbonyl (C=O) groups is 1. The summed E-state index contributed by atoms with van der Waals surface area (Å²) in [5.41, 5.74) is 2.17. The van der Waals surface area contributed by atoms with Crippen molar-refractivity contribution in [2.24, 2.45) is 5.92 Å². The molecule has 4 aliphatic heterocycles. The predicted molar refractivity (Wildman–Crippen MR) is 110 cm³/mol. The number of hydrogen-bond acceptors (Lipinski definition) is 5. The van der Waals surface area contributed by atoms with Crippen LogP contribution in [-0.2, 0) is 22.6 Å². The molecule has 2 bridgehead atoms. The van der Waals surface area contributed by atoms with E-state index in [2.05, 4.69) is 21.2 Å². The van der Waals surface area contributed by atoms with Gasteiger partial charge < -0.3 is 19.5 Å². The van der Waals surface area contributed by atoms with E-state index in [1.807, 2.05) is 10.6 Å². The highest BCUT2D eigenvalue weighted by atomic mass is 16.5. The summed E-state index contributed by atoms with van der Waals surface area (Å²) < 4.78 is 7.43. The second-order valence-electron chi connectivity index (χ2n) is 9.13. The summed E-state index contributed by atoms with van der Waals surface area (Å²) in [4.78, 5) is 30.6. The maximum atomic E-state index is 13.2. The number of pyridine rings is 1. The highest BCUT2D eigenvalue weighted by molar-refractivity contribution is 5.82. The molecule has 7 heteroatoms. The lowest BCUT2D eigenvalue weighted by atomic mass is 9.82. The van der Waals surface area contributed by atoms with E-state index in [0.717, 1.165) is 89.4 Å². The van der Waals surface area contributed by atoms with Gasteiger partial charge in [-0.15, -0.1) is 0 Å². The third kappa shape index (κ3) is 3.88. The first-order valence-corrected chi connectivity index (χ1v) is 11.2. The Bertz CT molecular complexity index is 811. The van der Waals surface area contributed by atoms with Gasteiger partial charge in [-0.2, -0.15) is 0 Å². The second kappa shape index (κ2) is 8.20. The highest BCUT2D eigenvalue weighted by Gasteiger charge is 2.38. The molecule has 1 aromatic heterocycles. The lowest BCUT2D eigenvalue weighted by molar-refractivity contribution is -0.136. The van der Waals surface area contributed by atoms with Crippen LogP contribution in [0.1, 0.15) is 42.9 Å². The largest absolute Gasteiger partial charge is 0.379 e. The van der Waals surface area contributed by atoms with Crippen molar-refractivity contribution < 1.29 is 9.53 Å². The standard InChI is InChI=1S/C22H32N4O3/c27-21-17(14-24-7-9-29-10-8-24)4-5-20-18-11-16(13-26(20)21)12-25(15-18)22(28)19-3-1-2-6-23-19/h4-5,16,18-19,23H,1-3,6-15H2/t16-,18+,19-/m0/s1. The van der Waals surface area contributed by atoms with Crippen LogP contribution < -0.4 is 10.9 Å². The maximum Gasteiger partial charge on any atom is 0.255 e. The monoisotopic (exact) mass is 400 g/mol. The third-order valence-electron chi connectivity index (χ3n) is 7.10. The van der Waals surface area contributed by atoms with Crippen molar-refractivity contribution in [3.05, 3.63) is 33.7 Å². The molecule has 0 aromatic carbocycles. The van der Waals surface area contributed by atoms with E-state index in [1.54, 1.807) is 0 Å². The molecule has 0 radical (unpaired) electrons. The number of rotatable bonds is 3. The lowest BCUT2D eigenvalue weighted by Gasteiger charge is -2.44. The summed E-state index contributed by atoms with van der Waals surface area (Å²) in [5, 5.41) is 3.40. The first-order chi connectivity index (χ1) is 14.2. The third-order valence-corrected chi connectivity index (χ3v) is 7.10. The molecular weight excluding hydrogens is 368 g/mol. The Kier molecular flexibility index (Phi) is 5.45. The molecule has 7 nitrogen and oxygen atoms in total. The summed E-state index contributed by atoms with van der Waals surface area (Å²) in [6, 6.07) is 4.15. The minimum Gasteiger partial charge on any atom is -0.379 e. The van der Waals surface area contributed by atoms with Crippen LogP contribution in [0, 0.1) is 5.92 Å². The Labute approximate surface area is 172 Å². The van der Waals surface area contributed by atoms with Crippen molar-refractivity contribution in [1.82, 2.24) is 19.7 Å². The summed E-state index contributed by atoms with van der Waals surface area (Å²) in [7, 11) is 0. The molecular formula is C22H32N4O3. The van der Waals surface area contributed by atoms with Crippen LogP contribution in [0.25, 0.3) is 0 Å². The van der Waals surface area contributed by atoms with Gasteiger partial charge in [0.25, 0.3) is 5.56 Å². The fraction of sp³-hybridized carbons (Fsp3) is 0.727. The Balaban J connectivity index is 1.33. The van der Waals surface area contributed by atoms with Gasteiger partial charge in [-0.3, -0.25) is 14.5 Å². The van der Waals surface area contributed by atoms with E-state index < -0.39 is 0 Å². The van der Waals surface area contributed by atoms with Crippen LogP contribution in [0.2, 0.25) is 0 Å². The van der Waals surface area contributed by atoms with E-state index in [-0.39, 0.29) is 23.4 Å². The van der Waals surface area contributed by atoms with Gasteiger partial charge in [0, 0.05) is 56.4 Å². The molecule has 158 valence electrons. The first kappa shape index (κ1) is 19.3. The van der Waals surface area contributed by atoms with E-state index >= 15 is 0 Å². The summed E-state index contributed by atoms with van der Waals surface area (Å²) in [6.45, 7) is 7.19. The first-order valence-electron chi connectivity index (χ1n) is 11.2. The van der Waals surface area contributed by atoms with Crippen molar-refractivity contribution >= 4 is 5.91 Å². The summed E-state index contributed by atoms with van der Waals surface area (Å²) >= 11 is 0. The fourth-order valence-corrected chi connectivity index (χ4v) is 5.57. The lowest BCUT2D eigenvalue weighted by Crippen LogP contribution is -2.55. The zero-order chi connectivity index (χ0) is 19.8. The number of carbonyl (C=O) groups excluding carboxylic acids is 1. The molecule has 0 spiro atoms. The number of fused-ring (bicyclic) bond motifs is 4. The average molecular weight is 401 g/mol. The predicted octanol–water partition coefficient (Wildman–Crippen LogP) is 0.768. The van der Waals surface area contributed by atoms with Gasteiger partial charge in [0.05, 0.1) is 19.3 Å². The van der Waals surface area contributed by atoms with E-state index in [9.17, 15) is 9.59 Å². The number of ether oxygens (including phenoxy) is 1. The van der Waals surface area contributed by atoms with Crippen LogP contribution in [0.4, 0.5) is 0 Å². The van der Waals surface area contributed by atoms with Crippen molar-refractivity contribution in [3.63, 3.8) is 0 Å². The average Bonchev–Trinajstić information content (AvgIpc) is 2.77. The molecule has 29 heavy (non-hydrogen) atoms. The Morgan fingerprint density at radius 2 is 2.00 bits per heavy atom. The zero-order valence-corrected chi connectivity index (χ0v) is 17.1. The number of amides is 1. The summed E-state index contributed by atoms with van der Waals surface area (Å²) in [6.07, 6.45) is 4.34. The topological polar surface area (TPSA) is 66.8 Å². The van der Waals surface area contributed by atoms with Crippen LogP contribution in [-0.4, -0.2) is 72.3 Å². The minimum atomic E-state index is -0.0133. The molecule has 1 N–H and O–H groups in total. The number of aromatic nitrogens is 1. The van der Waals surface area contributed by atoms with Gasteiger partial charge in [0.2, 0.25) is 5.91 Å². The molecule has 0 unspecified atom stereocenters. The Morgan fingerprint density at radius 3 is 2.79 bits per heavy atom. The number of nitrogens with zero attached hydrogens (tertiary/aromatic N) is 3. The van der Waals surface area contributed by atoms with E-state index in [1.165, 1.54) is 0 Å². The molecule has 4 aliphatic rings. The van der Waals surface area contributed by atoms with Crippen LogP contribution >= 0.6 is 0 Å².